The zero-order chi connectivity index (χ0) is 13.0. The molecule has 1 aromatic rings. The number of amides is 1. The van der Waals surface area contributed by atoms with Gasteiger partial charge in [0.2, 0.25) is 5.91 Å². The summed E-state index contributed by atoms with van der Waals surface area (Å²) in [5, 5.41) is 0. The van der Waals surface area contributed by atoms with E-state index in [1.165, 1.54) is 5.56 Å². The summed E-state index contributed by atoms with van der Waals surface area (Å²) >= 11 is 0. The molecule has 0 aromatic heterocycles. The molecule has 2 fully saturated rings. The average Bonchev–Trinajstić information content (AvgIpc) is 3.03. The summed E-state index contributed by atoms with van der Waals surface area (Å²) in [7, 11) is 0. The topological polar surface area (TPSA) is 23.3 Å². The van der Waals surface area contributed by atoms with Crippen LogP contribution in [0, 0.1) is 0 Å². The Morgan fingerprint density at radius 1 is 1.11 bits per heavy atom. The molecule has 2 aliphatic rings. The van der Waals surface area contributed by atoms with Crippen LogP contribution in [0.25, 0.3) is 0 Å². The predicted molar refractivity (Wildman–Crippen MR) is 71.0 cm³/mol. The number of carbonyl (C=O) groups is 1. The molecule has 1 amide bonds. The summed E-state index contributed by atoms with van der Waals surface area (Å²) < 4.78 is 0. The Labute approximate surface area is 108 Å². The van der Waals surface area contributed by atoms with E-state index < -0.39 is 0 Å². The quantitative estimate of drug-likeness (QED) is 0.742. The van der Waals surface area contributed by atoms with E-state index in [0.29, 0.717) is 0 Å². The highest BCUT2D eigenvalue weighted by molar-refractivity contribution is 5.90. The van der Waals surface area contributed by atoms with Gasteiger partial charge in [0.05, 0.1) is 0 Å². The van der Waals surface area contributed by atoms with Crippen LogP contribution in [0.5, 0.6) is 0 Å². The van der Waals surface area contributed by atoms with E-state index >= 15 is 0 Å². The third-order valence-corrected chi connectivity index (χ3v) is 4.23. The summed E-state index contributed by atoms with van der Waals surface area (Å²) in [6, 6.07) is 10.2. The minimum absolute atomic E-state index is 0.0947. The second kappa shape index (κ2) is 3.58. The number of hydrogen-bond acceptors (Lipinski definition) is 2. The van der Waals surface area contributed by atoms with E-state index in [0.717, 1.165) is 19.6 Å². The van der Waals surface area contributed by atoms with Crippen molar-refractivity contribution in [3.63, 3.8) is 0 Å². The van der Waals surface area contributed by atoms with Gasteiger partial charge in [0.25, 0.3) is 0 Å². The molecule has 3 rings (SSSR count). The zero-order valence-corrected chi connectivity index (χ0v) is 11.3. The molecule has 0 aliphatic carbocycles. The maximum Gasteiger partial charge on any atom is 0.244 e. The van der Waals surface area contributed by atoms with Crippen LogP contribution in [-0.4, -0.2) is 39.9 Å². The lowest BCUT2D eigenvalue weighted by Crippen LogP contribution is -2.57. The number of piperazine rings is 1. The lowest BCUT2D eigenvalue weighted by molar-refractivity contribution is -0.141. The normalized spacial score (nSPS) is 33.2. The Hall–Kier alpha value is -1.35. The van der Waals surface area contributed by atoms with Crippen molar-refractivity contribution in [2.45, 2.75) is 38.4 Å². The molecule has 3 nitrogen and oxygen atoms in total. The second-order valence-electron chi connectivity index (χ2n) is 6.32. The number of benzene rings is 1. The number of rotatable bonds is 2. The largest absolute Gasteiger partial charge is 0.335 e. The predicted octanol–water partition coefficient (Wildman–Crippen LogP) is 1.88. The van der Waals surface area contributed by atoms with Gasteiger partial charge in [0, 0.05) is 25.2 Å². The molecule has 96 valence electrons. The Morgan fingerprint density at radius 2 is 1.78 bits per heavy atom. The van der Waals surface area contributed by atoms with Crippen molar-refractivity contribution in [1.82, 2.24) is 9.80 Å². The van der Waals surface area contributed by atoms with Gasteiger partial charge in [-0.05, 0) is 26.3 Å². The van der Waals surface area contributed by atoms with E-state index in [1.807, 2.05) is 23.1 Å². The van der Waals surface area contributed by atoms with Gasteiger partial charge < -0.3 is 4.90 Å². The number of carbonyl (C=O) groups excluding carboxylic acids is 1. The van der Waals surface area contributed by atoms with Gasteiger partial charge in [0.1, 0.15) is 5.54 Å². The van der Waals surface area contributed by atoms with Gasteiger partial charge in [-0.15, -0.1) is 0 Å². The Balaban J connectivity index is 1.82. The van der Waals surface area contributed by atoms with Gasteiger partial charge in [0.15, 0.2) is 0 Å². The van der Waals surface area contributed by atoms with Crippen LogP contribution < -0.4 is 0 Å². The molecule has 2 saturated heterocycles. The fourth-order valence-corrected chi connectivity index (χ4v) is 3.23. The fraction of sp³-hybridized carbons (Fsp3) is 0.533. The summed E-state index contributed by atoms with van der Waals surface area (Å²) in [6.07, 6.45) is 0. The highest BCUT2D eigenvalue weighted by Gasteiger charge is 2.64. The zero-order valence-electron chi connectivity index (χ0n) is 11.3. The number of fused-ring (bicyclic) bond motifs is 1. The van der Waals surface area contributed by atoms with E-state index in [1.54, 1.807) is 0 Å². The first-order valence-corrected chi connectivity index (χ1v) is 6.54. The van der Waals surface area contributed by atoms with Crippen molar-refractivity contribution >= 4 is 5.91 Å². The van der Waals surface area contributed by atoms with Gasteiger partial charge >= 0.3 is 0 Å². The van der Waals surface area contributed by atoms with E-state index in [9.17, 15) is 4.79 Å². The third-order valence-electron chi connectivity index (χ3n) is 4.23. The van der Waals surface area contributed by atoms with Crippen molar-refractivity contribution in [3.05, 3.63) is 35.9 Å². The lowest BCUT2D eigenvalue weighted by Gasteiger charge is -2.41. The van der Waals surface area contributed by atoms with Gasteiger partial charge in [-0.2, -0.15) is 0 Å². The standard InChI is InChI=1S/C15H20N2O/c1-14(2)10-16(9-12-7-5-4-6-8-12)13(18)15(3)11-17(14)15/h4-8H,9-11H2,1-3H3/t15-,17?/m0/s1. The first-order chi connectivity index (χ1) is 8.43. The minimum Gasteiger partial charge on any atom is -0.335 e. The molecular weight excluding hydrogens is 224 g/mol. The van der Waals surface area contributed by atoms with Crippen LogP contribution in [0.15, 0.2) is 30.3 Å². The van der Waals surface area contributed by atoms with Crippen molar-refractivity contribution in [3.8, 4) is 0 Å². The molecule has 1 aromatic carbocycles. The van der Waals surface area contributed by atoms with Gasteiger partial charge in [-0.25, -0.2) is 0 Å². The molecule has 0 radical (unpaired) electrons. The Bertz CT molecular complexity index is 483. The minimum atomic E-state index is -0.240. The van der Waals surface area contributed by atoms with E-state index in [2.05, 4.69) is 37.8 Å². The fourth-order valence-electron chi connectivity index (χ4n) is 3.23. The van der Waals surface area contributed by atoms with Gasteiger partial charge in [-0.1, -0.05) is 30.3 Å². The summed E-state index contributed by atoms with van der Waals surface area (Å²) in [5.41, 5.74) is 1.06. The van der Waals surface area contributed by atoms with Crippen molar-refractivity contribution < 1.29 is 4.79 Å². The molecule has 2 heterocycles. The van der Waals surface area contributed by atoms with Crippen LogP contribution >= 0.6 is 0 Å². The highest BCUT2D eigenvalue weighted by atomic mass is 16.2. The van der Waals surface area contributed by atoms with Crippen LogP contribution in [-0.2, 0) is 11.3 Å². The Morgan fingerprint density at radius 3 is 2.44 bits per heavy atom. The number of nitrogens with zero attached hydrogens (tertiary/aromatic N) is 2. The SMILES string of the molecule is CC1(C)CN(Cc2ccccc2)C(=O)[C@]2(C)CN12. The van der Waals surface area contributed by atoms with Crippen LogP contribution in [0.3, 0.4) is 0 Å². The van der Waals surface area contributed by atoms with Gasteiger partial charge in [-0.3, -0.25) is 9.69 Å². The number of hydrogen-bond donors (Lipinski definition) is 0. The van der Waals surface area contributed by atoms with E-state index in [4.69, 9.17) is 0 Å². The molecule has 0 spiro atoms. The molecule has 0 bridgehead atoms. The lowest BCUT2D eigenvalue weighted by atomic mass is 9.97. The maximum atomic E-state index is 12.5. The highest BCUT2D eigenvalue weighted by Crippen LogP contribution is 2.45. The van der Waals surface area contributed by atoms with Crippen molar-refractivity contribution in [2.24, 2.45) is 0 Å². The first kappa shape index (κ1) is 11.7. The van der Waals surface area contributed by atoms with E-state index in [-0.39, 0.29) is 17.0 Å². The van der Waals surface area contributed by atoms with Crippen LogP contribution in [0.4, 0.5) is 0 Å². The molecule has 2 aliphatic heterocycles. The summed E-state index contributed by atoms with van der Waals surface area (Å²) in [6.45, 7) is 8.96. The summed E-state index contributed by atoms with van der Waals surface area (Å²) in [4.78, 5) is 16.8. The molecule has 3 heteroatoms. The molecule has 0 N–H and O–H groups in total. The molecule has 1 unspecified atom stereocenters. The van der Waals surface area contributed by atoms with Crippen LogP contribution in [0.2, 0.25) is 0 Å². The first-order valence-electron chi connectivity index (χ1n) is 6.54. The van der Waals surface area contributed by atoms with Crippen molar-refractivity contribution in [2.75, 3.05) is 13.1 Å². The molecular formula is C15H20N2O. The molecule has 0 saturated carbocycles. The second-order valence-corrected chi connectivity index (χ2v) is 6.32. The molecule has 18 heavy (non-hydrogen) atoms. The maximum absolute atomic E-state index is 12.5. The smallest absolute Gasteiger partial charge is 0.244 e. The third kappa shape index (κ3) is 1.65. The molecule has 2 atom stereocenters. The van der Waals surface area contributed by atoms with Crippen LogP contribution in [0.1, 0.15) is 26.3 Å². The van der Waals surface area contributed by atoms with Crippen molar-refractivity contribution in [1.29, 1.82) is 0 Å². The monoisotopic (exact) mass is 244 g/mol. The summed E-state index contributed by atoms with van der Waals surface area (Å²) in [5.74, 6) is 0.283. The average molecular weight is 244 g/mol. The Kier molecular flexibility index (Phi) is 2.33.